The number of benzene rings is 2. The van der Waals surface area contributed by atoms with E-state index in [1.807, 2.05) is 13.8 Å². The first-order chi connectivity index (χ1) is 11.7. The fourth-order valence-corrected chi connectivity index (χ4v) is 2.99. The van der Waals surface area contributed by atoms with Crippen LogP contribution in [0.25, 0.3) is 0 Å². The third-order valence-electron chi connectivity index (χ3n) is 3.66. The number of aromatic hydroxyl groups is 1. The molecule has 0 aliphatic carbocycles. The Bertz CT molecular complexity index is 783. The van der Waals surface area contributed by atoms with Crippen LogP contribution in [-0.2, 0) is 11.2 Å². The standard InChI is InChI=1S/C18H17Cl2FO4/c1-9(2)12-3-10(16(21)7-17(12)22)4-13-14(19)5-11(6-15(13)20)25-8-18(23)24/h3,5-7,9,22H,4,8H2,1-2H3,(H,23,24). The van der Waals surface area contributed by atoms with Gasteiger partial charge in [-0.15, -0.1) is 0 Å². The van der Waals surface area contributed by atoms with Crippen LogP contribution >= 0.6 is 23.2 Å². The minimum atomic E-state index is -1.12. The van der Waals surface area contributed by atoms with Crippen molar-refractivity contribution in [1.82, 2.24) is 0 Å². The third-order valence-corrected chi connectivity index (χ3v) is 4.34. The average Bonchev–Trinajstić information content (AvgIpc) is 2.50. The molecule has 0 amide bonds. The monoisotopic (exact) mass is 386 g/mol. The van der Waals surface area contributed by atoms with Gasteiger partial charge in [-0.25, -0.2) is 9.18 Å². The molecule has 0 atom stereocenters. The van der Waals surface area contributed by atoms with Crippen LogP contribution in [0.1, 0.15) is 36.5 Å². The summed E-state index contributed by atoms with van der Waals surface area (Å²) in [5.41, 5.74) is 1.47. The first-order valence-corrected chi connectivity index (χ1v) is 8.28. The van der Waals surface area contributed by atoms with E-state index in [9.17, 15) is 14.3 Å². The zero-order valence-corrected chi connectivity index (χ0v) is 15.2. The largest absolute Gasteiger partial charge is 0.508 e. The number of carbonyl (C=O) groups is 1. The number of phenols is 1. The van der Waals surface area contributed by atoms with Gasteiger partial charge in [-0.2, -0.15) is 0 Å². The van der Waals surface area contributed by atoms with E-state index in [1.165, 1.54) is 12.1 Å². The maximum Gasteiger partial charge on any atom is 0.341 e. The van der Waals surface area contributed by atoms with Gasteiger partial charge >= 0.3 is 5.97 Å². The zero-order chi connectivity index (χ0) is 18.7. The number of halogens is 3. The molecule has 2 aromatic carbocycles. The first-order valence-electron chi connectivity index (χ1n) is 7.52. The lowest BCUT2D eigenvalue weighted by atomic mass is 9.96. The lowest BCUT2D eigenvalue weighted by Crippen LogP contribution is -2.09. The second kappa shape index (κ2) is 7.93. The van der Waals surface area contributed by atoms with Crippen molar-refractivity contribution in [3.63, 3.8) is 0 Å². The van der Waals surface area contributed by atoms with Crippen molar-refractivity contribution in [3.05, 3.63) is 56.8 Å². The van der Waals surface area contributed by atoms with Gasteiger partial charge in [-0.3, -0.25) is 0 Å². The summed E-state index contributed by atoms with van der Waals surface area (Å²) >= 11 is 12.4. The van der Waals surface area contributed by atoms with Gasteiger partial charge in [0.15, 0.2) is 6.61 Å². The number of ether oxygens (including phenoxy) is 1. The third kappa shape index (κ3) is 4.77. The maximum absolute atomic E-state index is 14.2. The highest BCUT2D eigenvalue weighted by Gasteiger charge is 2.16. The molecule has 0 saturated carbocycles. The molecule has 0 bridgehead atoms. The van der Waals surface area contributed by atoms with E-state index >= 15 is 0 Å². The normalized spacial score (nSPS) is 11.0. The topological polar surface area (TPSA) is 66.8 Å². The fourth-order valence-electron chi connectivity index (χ4n) is 2.39. The van der Waals surface area contributed by atoms with E-state index < -0.39 is 18.4 Å². The number of hydrogen-bond acceptors (Lipinski definition) is 3. The first kappa shape index (κ1) is 19.3. The van der Waals surface area contributed by atoms with Crippen molar-refractivity contribution in [2.75, 3.05) is 6.61 Å². The van der Waals surface area contributed by atoms with Gasteiger partial charge in [-0.1, -0.05) is 37.0 Å². The molecule has 0 fully saturated rings. The number of rotatable bonds is 6. The van der Waals surface area contributed by atoms with E-state index in [4.69, 9.17) is 33.0 Å². The lowest BCUT2D eigenvalue weighted by Gasteiger charge is -2.14. The van der Waals surface area contributed by atoms with Gasteiger partial charge in [-0.05, 0) is 40.8 Å². The van der Waals surface area contributed by atoms with Crippen LogP contribution in [0.4, 0.5) is 4.39 Å². The summed E-state index contributed by atoms with van der Waals surface area (Å²) in [6.45, 7) is 3.27. The molecule has 0 aromatic heterocycles. The SMILES string of the molecule is CC(C)c1cc(Cc2c(Cl)cc(OCC(=O)O)cc2Cl)c(F)cc1O. The molecule has 2 aromatic rings. The molecule has 2 rings (SSSR count). The van der Waals surface area contributed by atoms with Crippen LogP contribution in [0.15, 0.2) is 24.3 Å². The van der Waals surface area contributed by atoms with Crippen LogP contribution in [0, 0.1) is 5.82 Å². The lowest BCUT2D eigenvalue weighted by molar-refractivity contribution is -0.139. The molecule has 7 heteroatoms. The van der Waals surface area contributed by atoms with Crippen LogP contribution in [0.2, 0.25) is 10.0 Å². The molecule has 0 spiro atoms. The summed E-state index contributed by atoms with van der Waals surface area (Å²) in [5.74, 6) is -1.53. The van der Waals surface area contributed by atoms with Gasteiger partial charge in [0.1, 0.15) is 17.3 Å². The average molecular weight is 387 g/mol. The molecule has 0 unspecified atom stereocenters. The molecular weight excluding hydrogens is 370 g/mol. The summed E-state index contributed by atoms with van der Waals surface area (Å²) in [7, 11) is 0. The minimum absolute atomic E-state index is 0.0251. The van der Waals surface area contributed by atoms with Crippen molar-refractivity contribution in [1.29, 1.82) is 0 Å². The van der Waals surface area contributed by atoms with Gasteiger partial charge in [0.05, 0.1) is 0 Å². The van der Waals surface area contributed by atoms with Crippen LogP contribution < -0.4 is 4.74 Å². The summed E-state index contributed by atoms with van der Waals surface area (Å²) in [4.78, 5) is 10.5. The van der Waals surface area contributed by atoms with Gasteiger partial charge in [0.2, 0.25) is 0 Å². The summed E-state index contributed by atoms with van der Waals surface area (Å²) in [6.07, 6.45) is 0.128. The van der Waals surface area contributed by atoms with Crippen molar-refractivity contribution < 1.29 is 24.1 Å². The van der Waals surface area contributed by atoms with E-state index in [-0.39, 0.29) is 33.9 Å². The second-order valence-corrected chi connectivity index (χ2v) is 6.70. The van der Waals surface area contributed by atoms with Gasteiger partial charge in [0.25, 0.3) is 0 Å². The van der Waals surface area contributed by atoms with Crippen LogP contribution in [0.3, 0.4) is 0 Å². The predicted octanol–water partition coefficient (Wildman–Crippen LogP) is 5.02. The summed E-state index contributed by atoms with van der Waals surface area (Å²) in [5, 5.41) is 19.0. The van der Waals surface area contributed by atoms with E-state index in [0.29, 0.717) is 16.7 Å². The van der Waals surface area contributed by atoms with Crippen LogP contribution in [0.5, 0.6) is 11.5 Å². The Morgan fingerprint density at radius 3 is 2.32 bits per heavy atom. The minimum Gasteiger partial charge on any atom is -0.508 e. The van der Waals surface area contributed by atoms with E-state index in [0.717, 1.165) is 6.07 Å². The number of carboxylic acids is 1. The highest BCUT2D eigenvalue weighted by Crippen LogP contribution is 2.34. The van der Waals surface area contributed by atoms with Crippen molar-refractivity contribution >= 4 is 29.2 Å². The Balaban J connectivity index is 2.34. The number of aliphatic carboxylic acids is 1. The van der Waals surface area contributed by atoms with Crippen molar-refractivity contribution in [2.24, 2.45) is 0 Å². The molecule has 4 nitrogen and oxygen atoms in total. The molecule has 2 N–H and O–H groups in total. The molecule has 134 valence electrons. The molecular formula is C18H17Cl2FO4. The van der Waals surface area contributed by atoms with Crippen molar-refractivity contribution in [2.45, 2.75) is 26.2 Å². The molecule has 25 heavy (non-hydrogen) atoms. The van der Waals surface area contributed by atoms with Crippen molar-refractivity contribution in [3.8, 4) is 11.5 Å². The quantitative estimate of drug-likeness (QED) is 0.731. The predicted molar refractivity (Wildman–Crippen MR) is 94.6 cm³/mol. The van der Waals surface area contributed by atoms with Gasteiger partial charge in [0, 0.05) is 22.5 Å². The highest BCUT2D eigenvalue weighted by molar-refractivity contribution is 6.36. The highest BCUT2D eigenvalue weighted by atomic mass is 35.5. The zero-order valence-electron chi connectivity index (χ0n) is 13.6. The number of phenolic OH excluding ortho intramolecular Hbond substituents is 1. The molecule has 0 heterocycles. The Hall–Kier alpha value is -1.98. The second-order valence-electron chi connectivity index (χ2n) is 5.88. The Morgan fingerprint density at radius 2 is 1.80 bits per heavy atom. The maximum atomic E-state index is 14.2. The Morgan fingerprint density at radius 1 is 1.20 bits per heavy atom. The Labute approximate surface area is 154 Å². The van der Waals surface area contributed by atoms with E-state index in [1.54, 1.807) is 6.07 Å². The molecule has 0 aliphatic rings. The number of carboxylic acid groups (broad SMARTS) is 1. The molecule has 0 radical (unpaired) electrons. The molecule has 0 saturated heterocycles. The van der Waals surface area contributed by atoms with E-state index in [2.05, 4.69) is 0 Å². The number of hydrogen-bond donors (Lipinski definition) is 2. The van der Waals surface area contributed by atoms with Gasteiger partial charge < -0.3 is 14.9 Å². The summed E-state index contributed by atoms with van der Waals surface area (Å²) in [6, 6.07) is 5.55. The Kier molecular flexibility index (Phi) is 6.14. The molecule has 0 aliphatic heterocycles. The summed E-state index contributed by atoms with van der Waals surface area (Å²) < 4.78 is 19.2. The fraction of sp³-hybridized carbons (Fsp3) is 0.278. The van der Waals surface area contributed by atoms with Crippen LogP contribution in [-0.4, -0.2) is 22.8 Å². The smallest absolute Gasteiger partial charge is 0.341 e.